The van der Waals surface area contributed by atoms with Gasteiger partial charge in [-0.2, -0.15) is 4.31 Å². The summed E-state index contributed by atoms with van der Waals surface area (Å²) in [6, 6.07) is 9.99. The molecule has 3 aliphatic rings. The molecule has 3 aliphatic heterocycles. The number of aromatic nitrogens is 1. The van der Waals surface area contributed by atoms with Crippen LogP contribution in [0.15, 0.2) is 47.5 Å². The number of pyridine rings is 1. The summed E-state index contributed by atoms with van der Waals surface area (Å²) in [7, 11) is -3.57. The Balaban J connectivity index is 1.33. The predicted molar refractivity (Wildman–Crippen MR) is 128 cm³/mol. The summed E-state index contributed by atoms with van der Waals surface area (Å²) in [6.07, 6.45) is 3.81. The van der Waals surface area contributed by atoms with Crippen LogP contribution in [0.5, 0.6) is 0 Å². The average molecular weight is 484 g/mol. The van der Waals surface area contributed by atoms with Gasteiger partial charge in [0.25, 0.3) is 0 Å². The van der Waals surface area contributed by atoms with E-state index in [2.05, 4.69) is 9.88 Å². The zero-order valence-electron chi connectivity index (χ0n) is 19.3. The molecular weight excluding hydrogens is 454 g/mol. The fraction of sp³-hybridized carbons (Fsp3) is 0.458. The Morgan fingerprint density at radius 3 is 2.35 bits per heavy atom. The predicted octanol–water partition coefficient (Wildman–Crippen LogP) is 1.49. The number of hydrogen-bond donors (Lipinski definition) is 0. The number of rotatable bonds is 4. The highest BCUT2D eigenvalue weighted by Gasteiger charge is 2.40. The third kappa shape index (κ3) is 4.05. The van der Waals surface area contributed by atoms with Crippen molar-refractivity contribution in [2.24, 2.45) is 0 Å². The number of anilines is 2. The number of carbonyl (C=O) groups is 2. The molecule has 1 atom stereocenters. The lowest BCUT2D eigenvalue weighted by molar-refractivity contribution is -0.134. The first-order valence-corrected chi connectivity index (χ1v) is 13.2. The van der Waals surface area contributed by atoms with Crippen LogP contribution in [0.1, 0.15) is 25.3 Å². The van der Waals surface area contributed by atoms with E-state index < -0.39 is 16.1 Å². The molecule has 0 aliphatic carbocycles. The van der Waals surface area contributed by atoms with Crippen molar-refractivity contribution < 1.29 is 18.0 Å². The van der Waals surface area contributed by atoms with Gasteiger partial charge in [0.2, 0.25) is 21.8 Å². The van der Waals surface area contributed by atoms with Gasteiger partial charge in [-0.15, -0.1) is 0 Å². The van der Waals surface area contributed by atoms with Crippen molar-refractivity contribution in [1.29, 1.82) is 0 Å². The second-order valence-electron chi connectivity index (χ2n) is 9.01. The molecule has 4 heterocycles. The summed E-state index contributed by atoms with van der Waals surface area (Å²) in [5.41, 5.74) is 1.35. The molecule has 10 heteroatoms. The van der Waals surface area contributed by atoms with E-state index in [0.717, 1.165) is 24.2 Å². The van der Waals surface area contributed by atoms with Gasteiger partial charge in [0.15, 0.2) is 0 Å². The summed E-state index contributed by atoms with van der Waals surface area (Å²) < 4.78 is 27.6. The fourth-order valence-electron chi connectivity index (χ4n) is 5.16. The van der Waals surface area contributed by atoms with E-state index in [-0.39, 0.29) is 16.7 Å². The quantitative estimate of drug-likeness (QED) is 0.654. The Morgan fingerprint density at radius 1 is 0.971 bits per heavy atom. The molecule has 9 nitrogen and oxygen atoms in total. The molecule has 5 rings (SSSR count). The van der Waals surface area contributed by atoms with E-state index in [0.29, 0.717) is 51.4 Å². The zero-order chi connectivity index (χ0) is 23.9. The van der Waals surface area contributed by atoms with Crippen molar-refractivity contribution in [3.63, 3.8) is 0 Å². The standard InChI is InChI=1S/C24H29N5O4S/c1-18(30)29-21-8-7-20(34(32,33)28-10-4-5-11-28)16-19(21)17-22(29)24(31)27-14-12-26(13-15-27)23-6-2-3-9-25-23/h2-3,6-9,16,22H,4-5,10-15,17H2,1H3. The summed E-state index contributed by atoms with van der Waals surface area (Å²) in [4.78, 5) is 36.1. The Labute approximate surface area is 200 Å². The minimum Gasteiger partial charge on any atom is -0.353 e. The van der Waals surface area contributed by atoms with Crippen molar-refractivity contribution in [1.82, 2.24) is 14.2 Å². The maximum Gasteiger partial charge on any atom is 0.246 e. The molecule has 0 saturated carbocycles. The van der Waals surface area contributed by atoms with Crippen LogP contribution in [0.25, 0.3) is 0 Å². The number of nitrogens with zero attached hydrogens (tertiary/aromatic N) is 5. The number of fused-ring (bicyclic) bond motifs is 1. The molecule has 1 aromatic carbocycles. The molecule has 0 N–H and O–H groups in total. The average Bonchev–Trinajstić information content (AvgIpc) is 3.52. The van der Waals surface area contributed by atoms with Crippen LogP contribution in [0.4, 0.5) is 11.5 Å². The number of carbonyl (C=O) groups excluding carboxylic acids is 2. The van der Waals surface area contributed by atoms with Crippen LogP contribution >= 0.6 is 0 Å². The van der Waals surface area contributed by atoms with Crippen molar-refractivity contribution in [3.8, 4) is 0 Å². The maximum absolute atomic E-state index is 13.5. The van der Waals surface area contributed by atoms with Gasteiger partial charge in [0.05, 0.1) is 4.90 Å². The monoisotopic (exact) mass is 483 g/mol. The van der Waals surface area contributed by atoms with Gasteiger partial charge in [0, 0.05) is 64.5 Å². The minimum absolute atomic E-state index is 0.101. The van der Waals surface area contributed by atoms with Crippen LogP contribution in [0.3, 0.4) is 0 Å². The van der Waals surface area contributed by atoms with E-state index in [1.165, 1.54) is 16.1 Å². The van der Waals surface area contributed by atoms with Crippen molar-refractivity contribution >= 4 is 33.3 Å². The van der Waals surface area contributed by atoms with Gasteiger partial charge in [-0.1, -0.05) is 6.07 Å². The summed E-state index contributed by atoms with van der Waals surface area (Å²) in [5.74, 6) is 0.565. The lowest BCUT2D eigenvalue weighted by atomic mass is 10.1. The molecule has 0 bridgehead atoms. The van der Waals surface area contributed by atoms with Crippen molar-refractivity contribution in [2.45, 2.75) is 37.1 Å². The molecule has 1 aromatic heterocycles. The van der Waals surface area contributed by atoms with Crippen LogP contribution in [-0.4, -0.2) is 79.7 Å². The van der Waals surface area contributed by atoms with E-state index in [1.807, 2.05) is 18.2 Å². The van der Waals surface area contributed by atoms with Gasteiger partial charge in [-0.3, -0.25) is 14.5 Å². The van der Waals surface area contributed by atoms with Gasteiger partial charge in [-0.05, 0) is 48.7 Å². The van der Waals surface area contributed by atoms with Crippen LogP contribution in [-0.2, 0) is 26.0 Å². The van der Waals surface area contributed by atoms with Gasteiger partial charge >= 0.3 is 0 Å². The third-order valence-corrected chi connectivity index (χ3v) is 8.82. The van der Waals surface area contributed by atoms with E-state index in [9.17, 15) is 18.0 Å². The first kappa shape index (κ1) is 22.8. The van der Waals surface area contributed by atoms with Gasteiger partial charge in [0.1, 0.15) is 11.9 Å². The molecule has 0 radical (unpaired) electrons. The highest BCUT2D eigenvalue weighted by atomic mass is 32.2. The third-order valence-electron chi connectivity index (χ3n) is 6.93. The van der Waals surface area contributed by atoms with E-state index >= 15 is 0 Å². The molecule has 2 fully saturated rings. The normalized spacial score (nSPS) is 21.1. The summed E-state index contributed by atoms with van der Waals surface area (Å²) >= 11 is 0. The van der Waals surface area contributed by atoms with E-state index in [1.54, 1.807) is 29.3 Å². The second-order valence-corrected chi connectivity index (χ2v) is 10.9. The lowest BCUT2D eigenvalue weighted by Gasteiger charge is -2.37. The number of sulfonamides is 1. The number of benzene rings is 1. The summed E-state index contributed by atoms with van der Waals surface area (Å²) in [5, 5.41) is 0. The lowest BCUT2D eigenvalue weighted by Crippen LogP contribution is -2.55. The molecule has 180 valence electrons. The number of amides is 2. The molecule has 2 aromatic rings. The number of piperazine rings is 1. The van der Waals surface area contributed by atoms with Crippen LogP contribution < -0.4 is 9.80 Å². The first-order chi connectivity index (χ1) is 16.4. The Hall–Kier alpha value is -2.98. The topological polar surface area (TPSA) is 94.1 Å². The molecule has 1 unspecified atom stereocenters. The SMILES string of the molecule is CC(=O)N1c2ccc(S(=O)(=O)N3CCCC3)cc2CC1C(=O)N1CCN(c2ccccn2)CC1. The highest BCUT2D eigenvalue weighted by molar-refractivity contribution is 7.89. The smallest absolute Gasteiger partial charge is 0.246 e. The zero-order valence-corrected chi connectivity index (χ0v) is 20.1. The largest absolute Gasteiger partial charge is 0.353 e. The molecule has 34 heavy (non-hydrogen) atoms. The second kappa shape index (κ2) is 8.99. The molecular formula is C24H29N5O4S. The molecule has 2 amide bonds. The van der Waals surface area contributed by atoms with Crippen molar-refractivity contribution in [2.75, 3.05) is 49.1 Å². The van der Waals surface area contributed by atoms with Crippen molar-refractivity contribution in [3.05, 3.63) is 48.2 Å². The Morgan fingerprint density at radius 2 is 1.71 bits per heavy atom. The molecule has 0 spiro atoms. The number of hydrogen-bond acceptors (Lipinski definition) is 6. The van der Waals surface area contributed by atoms with Gasteiger partial charge in [-0.25, -0.2) is 13.4 Å². The van der Waals surface area contributed by atoms with Crippen LogP contribution in [0, 0.1) is 0 Å². The first-order valence-electron chi connectivity index (χ1n) is 11.7. The Bertz CT molecular complexity index is 1190. The summed E-state index contributed by atoms with van der Waals surface area (Å²) in [6.45, 7) is 4.94. The maximum atomic E-state index is 13.5. The van der Waals surface area contributed by atoms with Crippen LogP contribution in [0.2, 0.25) is 0 Å². The fourth-order valence-corrected chi connectivity index (χ4v) is 6.73. The Kier molecular flexibility index (Phi) is 6.03. The minimum atomic E-state index is -3.57. The van der Waals surface area contributed by atoms with Gasteiger partial charge < -0.3 is 9.80 Å². The highest BCUT2D eigenvalue weighted by Crippen LogP contribution is 2.36. The molecule has 2 saturated heterocycles. The van der Waals surface area contributed by atoms with E-state index in [4.69, 9.17) is 0 Å².